The molecule has 10 nitrogen and oxygen atoms in total. The third-order valence-electron chi connectivity index (χ3n) is 4.03. The van der Waals surface area contributed by atoms with E-state index in [0.717, 1.165) is 33.8 Å². The zero-order chi connectivity index (χ0) is 23.1. The first kappa shape index (κ1) is 24.1. The predicted octanol–water partition coefficient (Wildman–Crippen LogP) is 1.29. The molecule has 1 fully saturated rings. The number of benzene rings is 1. The van der Waals surface area contributed by atoms with Crippen LogP contribution in [0.3, 0.4) is 0 Å². The fraction of sp³-hybridized carbons (Fsp3) is 0.500. The van der Waals surface area contributed by atoms with Crippen LogP contribution in [0.15, 0.2) is 24.3 Å². The minimum atomic E-state index is -1.49. The van der Waals surface area contributed by atoms with Crippen molar-refractivity contribution in [2.24, 2.45) is 0 Å². The lowest BCUT2D eigenvalue weighted by Gasteiger charge is -2.43. The van der Waals surface area contributed by atoms with Gasteiger partial charge in [0.2, 0.25) is 12.4 Å². The van der Waals surface area contributed by atoms with Gasteiger partial charge >= 0.3 is 23.9 Å². The Labute approximate surface area is 177 Å². The number of esters is 4. The highest BCUT2D eigenvalue weighted by Gasteiger charge is 2.53. The summed E-state index contributed by atoms with van der Waals surface area (Å²) < 4.78 is 46.1. The Bertz CT molecular complexity index is 826. The molecule has 1 aromatic carbocycles. The van der Waals surface area contributed by atoms with Crippen LogP contribution in [0.5, 0.6) is 5.75 Å². The van der Waals surface area contributed by atoms with Crippen LogP contribution < -0.4 is 4.74 Å². The molecule has 0 radical (unpaired) electrons. The summed E-state index contributed by atoms with van der Waals surface area (Å²) in [5.74, 6) is -3.93. The van der Waals surface area contributed by atoms with Crippen molar-refractivity contribution >= 4 is 23.9 Å². The van der Waals surface area contributed by atoms with E-state index in [1.165, 1.54) is 18.2 Å². The molecule has 0 amide bonds. The molecular formula is C20H23FO10. The van der Waals surface area contributed by atoms with E-state index in [9.17, 15) is 23.6 Å². The second-order valence-electron chi connectivity index (χ2n) is 6.62. The Morgan fingerprint density at radius 1 is 0.839 bits per heavy atom. The maximum absolute atomic E-state index is 14.1. The van der Waals surface area contributed by atoms with Crippen LogP contribution in [-0.4, -0.2) is 61.2 Å². The summed E-state index contributed by atoms with van der Waals surface area (Å²) in [6, 6.07) is 5.39. The molecule has 1 aliphatic heterocycles. The Balaban J connectivity index is 2.46. The van der Waals surface area contributed by atoms with Crippen molar-refractivity contribution in [1.29, 1.82) is 0 Å². The fourth-order valence-electron chi connectivity index (χ4n) is 2.95. The highest BCUT2D eigenvalue weighted by Crippen LogP contribution is 2.31. The van der Waals surface area contributed by atoms with Crippen LogP contribution in [-0.2, 0) is 42.9 Å². The van der Waals surface area contributed by atoms with Gasteiger partial charge in [-0.2, -0.15) is 0 Å². The molecule has 0 N–H and O–H groups in total. The molecule has 5 atom stereocenters. The first-order valence-electron chi connectivity index (χ1n) is 9.30. The molecule has 11 heteroatoms. The van der Waals surface area contributed by atoms with Crippen LogP contribution in [0.1, 0.15) is 27.7 Å². The van der Waals surface area contributed by atoms with Crippen molar-refractivity contribution in [2.45, 2.75) is 58.4 Å². The van der Waals surface area contributed by atoms with E-state index in [4.69, 9.17) is 28.4 Å². The maximum atomic E-state index is 14.1. The van der Waals surface area contributed by atoms with E-state index < -0.39 is 67.0 Å². The number of hydrogen-bond acceptors (Lipinski definition) is 10. The first-order chi connectivity index (χ1) is 14.6. The minimum absolute atomic E-state index is 0.233. The minimum Gasteiger partial charge on any atom is -0.463 e. The SMILES string of the molecule is CC(=O)OC[C@H]1O[C@H](Oc2ccccc2F)[C@H](OC(C)=O)[C@@H](OC(C)=O)[C@@H]1OC(C)=O. The quantitative estimate of drug-likeness (QED) is 0.451. The summed E-state index contributed by atoms with van der Waals surface area (Å²) in [6.07, 6.45) is -6.81. The largest absolute Gasteiger partial charge is 0.463 e. The van der Waals surface area contributed by atoms with Crippen molar-refractivity contribution in [1.82, 2.24) is 0 Å². The lowest BCUT2D eigenvalue weighted by molar-refractivity contribution is -0.288. The normalized spacial score (nSPS) is 25.1. The summed E-state index contributed by atoms with van der Waals surface area (Å²) in [5, 5.41) is 0. The number of carbonyl (C=O) groups is 4. The summed E-state index contributed by atoms with van der Waals surface area (Å²) in [7, 11) is 0. The number of hydrogen-bond donors (Lipinski definition) is 0. The van der Waals surface area contributed by atoms with Crippen LogP contribution in [0, 0.1) is 5.82 Å². The summed E-state index contributed by atoms with van der Waals surface area (Å²) in [5.41, 5.74) is 0. The molecule has 1 aromatic rings. The highest BCUT2D eigenvalue weighted by atomic mass is 19.1. The van der Waals surface area contributed by atoms with Crippen LogP contribution in [0.4, 0.5) is 4.39 Å². The molecule has 31 heavy (non-hydrogen) atoms. The molecule has 0 saturated carbocycles. The average Bonchev–Trinajstić information content (AvgIpc) is 2.65. The van der Waals surface area contributed by atoms with Crippen molar-refractivity contribution in [3.05, 3.63) is 30.1 Å². The van der Waals surface area contributed by atoms with Gasteiger partial charge in [0.05, 0.1) is 0 Å². The molecule has 1 heterocycles. The number of rotatable bonds is 7. The summed E-state index contributed by atoms with van der Waals surface area (Å²) in [4.78, 5) is 46.4. The maximum Gasteiger partial charge on any atom is 0.303 e. The Kier molecular flexibility index (Phi) is 8.31. The topological polar surface area (TPSA) is 124 Å². The molecule has 170 valence electrons. The third-order valence-corrected chi connectivity index (χ3v) is 4.03. The Hall–Kier alpha value is -3.21. The van der Waals surface area contributed by atoms with Crippen LogP contribution >= 0.6 is 0 Å². The van der Waals surface area contributed by atoms with Crippen LogP contribution in [0.2, 0.25) is 0 Å². The van der Waals surface area contributed by atoms with E-state index in [1.807, 2.05) is 0 Å². The molecule has 0 spiro atoms. The second-order valence-corrected chi connectivity index (χ2v) is 6.62. The Morgan fingerprint density at radius 2 is 1.39 bits per heavy atom. The molecule has 0 bridgehead atoms. The molecule has 0 aromatic heterocycles. The van der Waals surface area contributed by atoms with Gasteiger partial charge in [-0.3, -0.25) is 19.2 Å². The number of para-hydroxylation sites is 1. The van der Waals surface area contributed by atoms with Gasteiger partial charge in [0.25, 0.3) is 0 Å². The second kappa shape index (κ2) is 10.7. The third kappa shape index (κ3) is 6.92. The van der Waals surface area contributed by atoms with Crippen molar-refractivity contribution in [3.8, 4) is 5.75 Å². The number of carbonyl (C=O) groups excluding carboxylic acids is 4. The Morgan fingerprint density at radius 3 is 1.94 bits per heavy atom. The molecular weight excluding hydrogens is 419 g/mol. The van der Waals surface area contributed by atoms with Gasteiger partial charge in [-0.25, -0.2) is 4.39 Å². The molecule has 0 unspecified atom stereocenters. The standard InChI is InChI=1S/C20H23FO10/c1-10(22)26-9-16-17(27-11(2)23)18(28-12(3)24)19(29-13(4)25)20(31-16)30-15-8-6-5-7-14(15)21/h5-8,16-20H,9H2,1-4H3/t16-,17-,18+,19-,20+/m1/s1. The highest BCUT2D eigenvalue weighted by molar-refractivity contribution is 5.68. The summed E-state index contributed by atoms with van der Waals surface area (Å²) in [6.45, 7) is 4.05. The van der Waals surface area contributed by atoms with E-state index >= 15 is 0 Å². The average molecular weight is 442 g/mol. The van der Waals surface area contributed by atoms with Gasteiger partial charge < -0.3 is 28.4 Å². The molecule has 0 aliphatic carbocycles. The first-order valence-corrected chi connectivity index (χ1v) is 9.30. The van der Waals surface area contributed by atoms with E-state index in [0.29, 0.717) is 0 Å². The van der Waals surface area contributed by atoms with Gasteiger partial charge in [-0.05, 0) is 12.1 Å². The molecule has 2 rings (SSSR count). The summed E-state index contributed by atoms with van der Waals surface area (Å²) >= 11 is 0. The zero-order valence-corrected chi connectivity index (χ0v) is 17.4. The van der Waals surface area contributed by atoms with Crippen molar-refractivity contribution in [3.63, 3.8) is 0 Å². The van der Waals surface area contributed by atoms with E-state index in [-0.39, 0.29) is 5.75 Å². The smallest absolute Gasteiger partial charge is 0.303 e. The monoisotopic (exact) mass is 442 g/mol. The van der Waals surface area contributed by atoms with E-state index in [2.05, 4.69) is 0 Å². The van der Waals surface area contributed by atoms with Gasteiger partial charge in [-0.1, -0.05) is 12.1 Å². The van der Waals surface area contributed by atoms with Crippen molar-refractivity contribution < 1.29 is 52.0 Å². The van der Waals surface area contributed by atoms with Crippen LogP contribution in [0.25, 0.3) is 0 Å². The number of ether oxygens (including phenoxy) is 6. The lowest BCUT2D eigenvalue weighted by Crippen LogP contribution is -2.63. The predicted molar refractivity (Wildman–Crippen MR) is 99.0 cm³/mol. The van der Waals surface area contributed by atoms with Gasteiger partial charge in [0.1, 0.15) is 12.7 Å². The zero-order valence-electron chi connectivity index (χ0n) is 17.4. The van der Waals surface area contributed by atoms with Crippen molar-refractivity contribution in [2.75, 3.05) is 6.61 Å². The lowest BCUT2D eigenvalue weighted by atomic mass is 9.98. The van der Waals surface area contributed by atoms with Gasteiger partial charge in [0, 0.05) is 27.7 Å². The van der Waals surface area contributed by atoms with Gasteiger partial charge in [0.15, 0.2) is 23.8 Å². The number of halogens is 1. The molecule has 1 saturated heterocycles. The molecule has 1 aliphatic rings. The van der Waals surface area contributed by atoms with Gasteiger partial charge in [-0.15, -0.1) is 0 Å². The fourth-order valence-corrected chi connectivity index (χ4v) is 2.95. The van der Waals surface area contributed by atoms with E-state index in [1.54, 1.807) is 0 Å².